The molecule has 19 heavy (non-hydrogen) atoms. The van der Waals surface area contributed by atoms with Crippen molar-refractivity contribution >= 4 is 17.7 Å². The summed E-state index contributed by atoms with van der Waals surface area (Å²) in [6.07, 6.45) is 2.06. The zero-order chi connectivity index (χ0) is 14.1. The van der Waals surface area contributed by atoms with Crippen molar-refractivity contribution in [3.05, 3.63) is 35.9 Å². The molecule has 0 aromatic heterocycles. The van der Waals surface area contributed by atoms with Gasteiger partial charge in [0.15, 0.2) is 0 Å². The number of rotatable bonds is 8. The molecule has 0 aliphatic heterocycles. The highest BCUT2D eigenvalue weighted by Crippen LogP contribution is 2.16. The largest absolute Gasteiger partial charge is 0.347 e. The summed E-state index contributed by atoms with van der Waals surface area (Å²) in [6, 6.07) is 10.3. The maximum atomic E-state index is 12.1. The molecule has 1 atom stereocenters. The average molecular weight is 280 g/mol. The molecule has 0 aliphatic carbocycles. The monoisotopic (exact) mass is 280 g/mol. The minimum absolute atomic E-state index is 0.0965. The van der Waals surface area contributed by atoms with Crippen LogP contribution < -0.4 is 5.32 Å². The Labute approximate surface area is 120 Å². The van der Waals surface area contributed by atoms with E-state index in [0.717, 1.165) is 18.8 Å². The Hall–Kier alpha value is -1.00. The Bertz CT molecular complexity index is 366. The van der Waals surface area contributed by atoms with Gasteiger partial charge in [-0.2, -0.15) is 11.8 Å². The molecule has 0 heterocycles. The van der Waals surface area contributed by atoms with Crippen LogP contribution in [-0.4, -0.2) is 42.4 Å². The van der Waals surface area contributed by atoms with Crippen LogP contribution >= 0.6 is 11.8 Å². The molecule has 1 aromatic carbocycles. The van der Waals surface area contributed by atoms with Gasteiger partial charge in [-0.3, -0.25) is 9.69 Å². The van der Waals surface area contributed by atoms with Gasteiger partial charge in [0.05, 0.1) is 12.6 Å². The van der Waals surface area contributed by atoms with E-state index in [9.17, 15) is 4.79 Å². The normalized spacial score (nSPS) is 12.4. The number of benzene rings is 1. The molecule has 0 saturated carbocycles. The molecule has 3 nitrogen and oxygen atoms in total. The highest BCUT2D eigenvalue weighted by molar-refractivity contribution is 7.98. The first-order chi connectivity index (χ1) is 9.21. The molecular formula is C15H24N2OS. The van der Waals surface area contributed by atoms with E-state index < -0.39 is 0 Å². The lowest BCUT2D eigenvalue weighted by Crippen LogP contribution is -2.39. The van der Waals surface area contributed by atoms with Crippen molar-refractivity contribution < 1.29 is 4.79 Å². The molecule has 0 fully saturated rings. The van der Waals surface area contributed by atoms with Crippen molar-refractivity contribution in [3.63, 3.8) is 0 Å². The molecule has 0 saturated heterocycles. The van der Waals surface area contributed by atoms with Crippen LogP contribution in [-0.2, 0) is 4.79 Å². The lowest BCUT2D eigenvalue weighted by Gasteiger charge is -2.22. The van der Waals surface area contributed by atoms with Crippen LogP contribution in [0.25, 0.3) is 0 Å². The van der Waals surface area contributed by atoms with Crippen molar-refractivity contribution in [2.75, 3.05) is 31.6 Å². The molecule has 4 heteroatoms. The quantitative estimate of drug-likeness (QED) is 0.794. The van der Waals surface area contributed by atoms with E-state index in [0.29, 0.717) is 6.54 Å². The summed E-state index contributed by atoms with van der Waals surface area (Å²) in [6.45, 7) is 6.44. The summed E-state index contributed by atoms with van der Waals surface area (Å²) >= 11 is 1.75. The molecule has 0 radical (unpaired) electrons. The van der Waals surface area contributed by atoms with Crippen molar-refractivity contribution in [1.82, 2.24) is 10.2 Å². The Morgan fingerprint density at radius 1 is 1.26 bits per heavy atom. The molecule has 1 N–H and O–H groups in total. The molecule has 106 valence electrons. The number of likely N-dealkylation sites (N-methyl/N-ethyl adjacent to an activating group) is 1. The number of carbonyl (C=O) groups excluding carboxylic acids is 1. The van der Waals surface area contributed by atoms with Crippen LogP contribution in [0.2, 0.25) is 0 Å². The second kappa shape index (κ2) is 8.99. The number of nitrogens with zero attached hydrogens (tertiary/aromatic N) is 1. The molecule has 1 amide bonds. The highest BCUT2D eigenvalue weighted by Gasteiger charge is 2.15. The van der Waals surface area contributed by atoms with Crippen LogP contribution in [0.15, 0.2) is 30.3 Å². The van der Waals surface area contributed by atoms with Gasteiger partial charge in [0.2, 0.25) is 5.91 Å². The van der Waals surface area contributed by atoms with Crippen molar-refractivity contribution in [2.45, 2.75) is 19.9 Å². The van der Waals surface area contributed by atoms with Gasteiger partial charge in [-0.15, -0.1) is 0 Å². The molecule has 1 unspecified atom stereocenters. The molecule has 0 bridgehead atoms. The number of carbonyl (C=O) groups is 1. The van der Waals surface area contributed by atoms with Crippen LogP contribution in [0.1, 0.15) is 25.5 Å². The standard InChI is InChI=1S/C15H24N2OS/c1-4-17(5-2)11-15(18)16-14(12-19-3)13-9-7-6-8-10-13/h6-10,14H,4-5,11-12H2,1-3H3,(H,16,18). The third-order valence-corrected chi connectivity index (χ3v) is 3.80. The Morgan fingerprint density at radius 3 is 2.42 bits per heavy atom. The van der Waals surface area contributed by atoms with E-state index in [1.807, 2.05) is 18.2 Å². The number of hydrogen-bond donors (Lipinski definition) is 1. The number of nitrogens with one attached hydrogen (secondary N) is 1. The lowest BCUT2D eigenvalue weighted by molar-refractivity contribution is -0.122. The Morgan fingerprint density at radius 2 is 1.89 bits per heavy atom. The first kappa shape index (κ1) is 16.1. The third-order valence-electron chi connectivity index (χ3n) is 3.13. The summed E-state index contributed by atoms with van der Waals surface area (Å²) in [5.41, 5.74) is 1.17. The van der Waals surface area contributed by atoms with E-state index in [1.54, 1.807) is 11.8 Å². The summed E-state index contributed by atoms with van der Waals surface area (Å²) < 4.78 is 0. The van der Waals surface area contributed by atoms with Gasteiger partial charge < -0.3 is 5.32 Å². The first-order valence-electron chi connectivity index (χ1n) is 6.76. The van der Waals surface area contributed by atoms with Crippen LogP contribution in [0.3, 0.4) is 0 Å². The fourth-order valence-electron chi connectivity index (χ4n) is 1.96. The van der Waals surface area contributed by atoms with E-state index in [1.165, 1.54) is 5.56 Å². The number of hydrogen-bond acceptors (Lipinski definition) is 3. The fraction of sp³-hybridized carbons (Fsp3) is 0.533. The van der Waals surface area contributed by atoms with Gasteiger partial charge in [0.25, 0.3) is 0 Å². The van der Waals surface area contributed by atoms with Gasteiger partial charge in [-0.25, -0.2) is 0 Å². The predicted octanol–water partition coefficient (Wildman–Crippen LogP) is 2.55. The summed E-state index contributed by atoms with van der Waals surface area (Å²) in [7, 11) is 0. The van der Waals surface area contributed by atoms with Gasteiger partial charge in [-0.05, 0) is 24.9 Å². The topological polar surface area (TPSA) is 32.3 Å². The molecule has 0 spiro atoms. The van der Waals surface area contributed by atoms with Gasteiger partial charge in [0.1, 0.15) is 0 Å². The lowest BCUT2D eigenvalue weighted by atomic mass is 10.1. The first-order valence-corrected chi connectivity index (χ1v) is 8.16. The zero-order valence-electron chi connectivity index (χ0n) is 12.1. The predicted molar refractivity (Wildman–Crippen MR) is 83.5 cm³/mol. The van der Waals surface area contributed by atoms with E-state index >= 15 is 0 Å². The second-order valence-corrected chi connectivity index (χ2v) is 5.36. The fourth-order valence-corrected chi connectivity index (χ4v) is 2.57. The van der Waals surface area contributed by atoms with Gasteiger partial charge >= 0.3 is 0 Å². The van der Waals surface area contributed by atoms with Crippen molar-refractivity contribution in [2.24, 2.45) is 0 Å². The minimum atomic E-state index is 0.0965. The Kier molecular flexibility index (Phi) is 7.60. The SMILES string of the molecule is CCN(CC)CC(=O)NC(CSC)c1ccccc1. The van der Waals surface area contributed by atoms with Gasteiger partial charge in [-0.1, -0.05) is 44.2 Å². The minimum Gasteiger partial charge on any atom is -0.347 e. The molecular weight excluding hydrogens is 256 g/mol. The third kappa shape index (κ3) is 5.66. The summed E-state index contributed by atoms with van der Waals surface area (Å²) in [5.74, 6) is 1.00. The molecule has 1 aromatic rings. The average Bonchev–Trinajstić information content (AvgIpc) is 2.45. The summed E-state index contributed by atoms with van der Waals surface area (Å²) in [5, 5.41) is 3.13. The van der Waals surface area contributed by atoms with E-state index in [2.05, 4.69) is 42.5 Å². The van der Waals surface area contributed by atoms with Crippen molar-refractivity contribution in [3.8, 4) is 0 Å². The van der Waals surface area contributed by atoms with E-state index in [-0.39, 0.29) is 11.9 Å². The van der Waals surface area contributed by atoms with Gasteiger partial charge in [0, 0.05) is 5.75 Å². The van der Waals surface area contributed by atoms with E-state index in [4.69, 9.17) is 0 Å². The molecule has 1 rings (SSSR count). The maximum absolute atomic E-state index is 12.1. The second-order valence-electron chi connectivity index (χ2n) is 4.45. The molecule has 0 aliphatic rings. The Balaban J connectivity index is 2.61. The summed E-state index contributed by atoms with van der Waals surface area (Å²) in [4.78, 5) is 14.2. The smallest absolute Gasteiger partial charge is 0.234 e. The van der Waals surface area contributed by atoms with Crippen molar-refractivity contribution in [1.29, 1.82) is 0 Å². The van der Waals surface area contributed by atoms with Crippen LogP contribution in [0, 0.1) is 0 Å². The zero-order valence-corrected chi connectivity index (χ0v) is 12.9. The number of thioether (sulfide) groups is 1. The number of amides is 1. The van der Waals surface area contributed by atoms with Crippen LogP contribution in [0.5, 0.6) is 0 Å². The maximum Gasteiger partial charge on any atom is 0.234 e. The van der Waals surface area contributed by atoms with Crippen LogP contribution in [0.4, 0.5) is 0 Å². The highest BCUT2D eigenvalue weighted by atomic mass is 32.2.